The highest BCUT2D eigenvalue weighted by Gasteiger charge is 2.16. The highest BCUT2D eigenvalue weighted by Crippen LogP contribution is 2.14. The van der Waals surface area contributed by atoms with Crippen LogP contribution in [0.15, 0.2) is 4.99 Å². The van der Waals surface area contributed by atoms with Gasteiger partial charge < -0.3 is 25.3 Å². The van der Waals surface area contributed by atoms with Crippen molar-refractivity contribution in [2.75, 3.05) is 26.2 Å². The van der Waals surface area contributed by atoms with Crippen LogP contribution in [0.2, 0.25) is 0 Å². The number of ether oxygens (including phenoxy) is 1. The predicted octanol–water partition coefficient (Wildman–Crippen LogP) is 2.63. The van der Waals surface area contributed by atoms with Gasteiger partial charge in [0.05, 0.1) is 0 Å². The SMILES string of the molecule is CCNC(=NCCCNC(=O)OC(C)(C)C)NCCc1nnc2n1CCCCC2.I. The first-order valence-electron chi connectivity index (χ1n) is 10.8. The average molecular weight is 535 g/mol. The van der Waals surface area contributed by atoms with Gasteiger partial charge in [0.1, 0.15) is 17.2 Å². The van der Waals surface area contributed by atoms with Crippen molar-refractivity contribution in [3.63, 3.8) is 0 Å². The molecule has 0 radical (unpaired) electrons. The van der Waals surface area contributed by atoms with Crippen molar-refractivity contribution in [1.82, 2.24) is 30.7 Å². The highest BCUT2D eigenvalue weighted by atomic mass is 127. The maximum Gasteiger partial charge on any atom is 0.407 e. The van der Waals surface area contributed by atoms with E-state index in [4.69, 9.17) is 4.74 Å². The Balaban J connectivity index is 0.00000450. The van der Waals surface area contributed by atoms with Gasteiger partial charge in [0.25, 0.3) is 0 Å². The predicted molar refractivity (Wildman–Crippen MR) is 130 cm³/mol. The van der Waals surface area contributed by atoms with E-state index in [1.807, 2.05) is 27.7 Å². The van der Waals surface area contributed by atoms with Crippen molar-refractivity contribution < 1.29 is 9.53 Å². The summed E-state index contributed by atoms with van der Waals surface area (Å²) in [6.45, 7) is 11.3. The van der Waals surface area contributed by atoms with Gasteiger partial charge in [0, 0.05) is 45.6 Å². The third kappa shape index (κ3) is 9.94. The van der Waals surface area contributed by atoms with Gasteiger partial charge >= 0.3 is 6.09 Å². The maximum absolute atomic E-state index is 11.6. The zero-order valence-electron chi connectivity index (χ0n) is 18.8. The number of fused-ring (bicyclic) bond motifs is 1. The molecule has 30 heavy (non-hydrogen) atoms. The first-order chi connectivity index (χ1) is 13.9. The second-order valence-electron chi connectivity index (χ2n) is 8.21. The molecule has 10 heteroatoms. The molecule has 1 amide bonds. The molecule has 0 unspecified atom stereocenters. The molecule has 1 aliphatic heterocycles. The lowest BCUT2D eigenvalue weighted by atomic mass is 10.2. The molecule has 2 heterocycles. The summed E-state index contributed by atoms with van der Waals surface area (Å²) < 4.78 is 7.50. The van der Waals surface area contributed by atoms with E-state index in [0.717, 1.165) is 56.5 Å². The van der Waals surface area contributed by atoms with Gasteiger partial charge in [-0.1, -0.05) is 6.42 Å². The number of carbonyl (C=O) groups is 1. The van der Waals surface area contributed by atoms with Crippen LogP contribution in [0.3, 0.4) is 0 Å². The number of carbonyl (C=O) groups excluding carboxylic acids is 1. The summed E-state index contributed by atoms with van der Waals surface area (Å²) in [5.41, 5.74) is -0.479. The van der Waals surface area contributed by atoms with E-state index in [-0.39, 0.29) is 30.1 Å². The number of guanidine groups is 1. The standard InChI is InChI=1S/C20H37N7O2.HI/c1-5-21-18(22-12-9-13-24-19(28)29-20(2,3)4)23-14-11-17-26-25-16-10-7-6-8-15-27(16)17;/h5-15H2,1-4H3,(H,24,28)(H2,21,22,23);1H. The van der Waals surface area contributed by atoms with Crippen LogP contribution in [0.4, 0.5) is 4.79 Å². The van der Waals surface area contributed by atoms with Crippen LogP contribution in [0.25, 0.3) is 0 Å². The molecule has 9 nitrogen and oxygen atoms in total. The van der Waals surface area contributed by atoms with Gasteiger partial charge in [-0.15, -0.1) is 34.2 Å². The van der Waals surface area contributed by atoms with Crippen LogP contribution >= 0.6 is 24.0 Å². The molecular weight excluding hydrogens is 497 g/mol. The molecule has 0 saturated carbocycles. The Hall–Kier alpha value is -1.59. The number of nitrogens with zero attached hydrogens (tertiary/aromatic N) is 4. The normalized spacial score (nSPS) is 14.2. The zero-order chi connectivity index (χ0) is 21.1. The zero-order valence-corrected chi connectivity index (χ0v) is 21.1. The second-order valence-corrected chi connectivity index (χ2v) is 8.21. The fraction of sp³-hybridized carbons (Fsp3) is 0.800. The number of aliphatic imine (C=N–C) groups is 1. The minimum Gasteiger partial charge on any atom is -0.444 e. The van der Waals surface area contributed by atoms with Crippen molar-refractivity contribution >= 4 is 36.0 Å². The summed E-state index contributed by atoms with van der Waals surface area (Å²) in [5, 5.41) is 18.1. The fourth-order valence-electron chi connectivity index (χ4n) is 3.14. The topological polar surface area (TPSA) is 105 Å². The lowest BCUT2D eigenvalue weighted by molar-refractivity contribution is 0.0527. The van der Waals surface area contributed by atoms with Crippen LogP contribution in [0.5, 0.6) is 0 Å². The van der Waals surface area contributed by atoms with Crippen molar-refractivity contribution in [2.45, 2.75) is 78.4 Å². The van der Waals surface area contributed by atoms with E-state index >= 15 is 0 Å². The van der Waals surface area contributed by atoms with Gasteiger partial charge in [-0.05, 0) is 47.0 Å². The quantitative estimate of drug-likeness (QED) is 0.205. The van der Waals surface area contributed by atoms with Gasteiger partial charge in [0.15, 0.2) is 5.96 Å². The third-order valence-corrected chi connectivity index (χ3v) is 4.44. The first-order valence-corrected chi connectivity index (χ1v) is 10.8. The van der Waals surface area contributed by atoms with Gasteiger partial charge in [-0.2, -0.15) is 0 Å². The monoisotopic (exact) mass is 535 g/mol. The van der Waals surface area contributed by atoms with E-state index in [2.05, 4.69) is 35.7 Å². The van der Waals surface area contributed by atoms with E-state index in [9.17, 15) is 4.79 Å². The molecule has 3 N–H and O–H groups in total. The number of halogens is 1. The minimum absolute atomic E-state index is 0. The number of nitrogens with one attached hydrogen (secondary N) is 3. The lowest BCUT2D eigenvalue weighted by Gasteiger charge is -2.19. The van der Waals surface area contributed by atoms with Crippen molar-refractivity contribution in [1.29, 1.82) is 0 Å². The summed E-state index contributed by atoms with van der Waals surface area (Å²) in [6, 6.07) is 0. The van der Waals surface area contributed by atoms with Crippen LogP contribution in [0.1, 0.15) is 65.0 Å². The van der Waals surface area contributed by atoms with Crippen LogP contribution in [-0.4, -0.2) is 58.6 Å². The van der Waals surface area contributed by atoms with E-state index in [1.165, 1.54) is 19.3 Å². The molecular formula is C20H38IN7O2. The summed E-state index contributed by atoms with van der Waals surface area (Å²) in [5.74, 6) is 2.95. The Kier molecular flexibility index (Phi) is 12.0. The molecule has 1 aromatic rings. The highest BCUT2D eigenvalue weighted by molar-refractivity contribution is 14.0. The van der Waals surface area contributed by atoms with Gasteiger partial charge in [-0.3, -0.25) is 4.99 Å². The molecule has 0 atom stereocenters. The fourth-order valence-corrected chi connectivity index (χ4v) is 3.14. The Labute approximate surface area is 197 Å². The van der Waals surface area contributed by atoms with Crippen molar-refractivity contribution in [3.05, 3.63) is 11.6 Å². The number of hydrogen-bond acceptors (Lipinski definition) is 5. The number of amides is 1. The Morgan fingerprint density at radius 1 is 1.13 bits per heavy atom. The largest absolute Gasteiger partial charge is 0.444 e. The Bertz CT molecular complexity index is 671. The number of aryl methyl sites for hydroxylation is 1. The minimum atomic E-state index is -0.479. The number of alkyl carbamates (subject to hydrolysis) is 1. The molecule has 172 valence electrons. The summed E-state index contributed by atoms with van der Waals surface area (Å²) in [4.78, 5) is 16.2. The number of rotatable bonds is 8. The smallest absolute Gasteiger partial charge is 0.407 e. The van der Waals surface area contributed by atoms with E-state index < -0.39 is 5.60 Å². The maximum atomic E-state index is 11.6. The molecule has 0 saturated heterocycles. The second kappa shape index (κ2) is 13.7. The molecule has 0 aromatic carbocycles. The van der Waals surface area contributed by atoms with Crippen LogP contribution in [-0.2, 0) is 24.1 Å². The summed E-state index contributed by atoms with van der Waals surface area (Å²) in [7, 11) is 0. The van der Waals surface area contributed by atoms with Crippen molar-refractivity contribution in [2.24, 2.45) is 4.99 Å². The summed E-state index contributed by atoms with van der Waals surface area (Å²) >= 11 is 0. The van der Waals surface area contributed by atoms with Gasteiger partial charge in [-0.25, -0.2) is 4.79 Å². The third-order valence-electron chi connectivity index (χ3n) is 4.44. The Morgan fingerprint density at radius 2 is 1.93 bits per heavy atom. The molecule has 0 aliphatic carbocycles. The van der Waals surface area contributed by atoms with Gasteiger partial charge in [0.2, 0.25) is 0 Å². The molecule has 1 aliphatic rings. The van der Waals surface area contributed by atoms with E-state index in [1.54, 1.807) is 0 Å². The summed E-state index contributed by atoms with van der Waals surface area (Å²) in [6.07, 6.45) is 5.87. The number of hydrogen-bond donors (Lipinski definition) is 3. The van der Waals surface area contributed by atoms with E-state index in [0.29, 0.717) is 13.1 Å². The lowest BCUT2D eigenvalue weighted by Crippen LogP contribution is -2.38. The molecule has 1 aromatic heterocycles. The molecule has 0 bridgehead atoms. The first kappa shape index (κ1) is 26.4. The van der Waals surface area contributed by atoms with Crippen LogP contribution < -0.4 is 16.0 Å². The Morgan fingerprint density at radius 3 is 2.67 bits per heavy atom. The molecule has 0 spiro atoms. The van der Waals surface area contributed by atoms with Crippen molar-refractivity contribution in [3.8, 4) is 0 Å². The number of aromatic nitrogens is 3. The molecule has 2 rings (SSSR count). The van der Waals surface area contributed by atoms with Crippen LogP contribution in [0, 0.1) is 0 Å². The molecule has 0 fully saturated rings. The average Bonchev–Trinajstić information content (AvgIpc) is 2.86.